The van der Waals surface area contributed by atoms with Crippen LogP contribution >= 0.6 is 0 Å². The number of hydrogen-bond donors (Lipinski definition) is 2. The van der Waals surface area contributed by atoms with E-state index in [2.05, 4.69) is 22.3 Å². The molecule has 0 aliphatic rings. The third-order valence-corrected chi connectivity index (χ3v) is 2.29. The number of methoxy groups -OCH3 is 1. The second-order valence-corrected chi connectivity index (χ2v) is 4.32. The average Bonchev–Trinajstić information content (AvgIpc) is 2.27. The first-order valence-electron chi connectivity index (χ1n) is 6.11. The summed E-state index contributed by atoms with van der Waals surface area (Å²) in [5.41, 5.74) is 0. The van der Waals surface area contributed by atoms with Gasteiger partial charge in [-0.05, 0) is 20.3 Å². The molecule has 0 aliphatic heterocycles. The maximum Gasteiger partial charge on any atom is 0.322 e. The maximum absolute atomic E-state index is 11.4. The van der Waals surface area contributed by atoms with Crippen molar-refractivity contribution in [1.29, 1.82) is 0 Å². The van der Waals surface area contributed by atoms with Crippen LogP contribution in [0.4, 0.5) is 0 Å². The zero-order valence-electron chi connectivity index (χ0n) is 11.2. The van der Waals surface area contributed by atoms with Gasteiger partial charge in [-0.3, -0.25) is 14.9 Å². The molecular weight excluding hydrogens is 220 g/mol. The molecule has 0 aromatic rings. The molecule has 0 radical (unpaired) electrons. The molecule has 2 N–H and O–H groups in total. The molecule has 1 atom stereocenters. The summed E-state index contributed by atoms with van der Waals surface area (Å²) < 4.78 is 4.69. The minimum absolute atomic E-state index is 0.106. The fourth-order valence-electron chi connectivity index (χ4n) is 1.44. The molecule has 0 heterocycles. The standard InChI is InChI=1S/C12H24N2O3/c1-5-6-7-10(12(16)17-4)13-8-11(15)14-9(2)3/h9-10,13H,5-8H2,1-4H3,(H,14,15). The summed E-state index contributed by atoms with van der Waals surface area (Å²) in [4.78, 5) is 22.9. The highest BCUT2D eigenvalue weighted by molar-refractivity contribution is 5.80. The van der Waals surface area contributed by atoms with Crippen LogP contribution in [0.25, 0.3) is 0 Å². The highest BCUT2D eigenvalue weighted by atomic mass is 16.5. The van der Waals surface area contributed by atoms with Gasteiger partial charge in [-0.15, -0.1) is 0 Å². The summed E-state index contributed by atoms with van der Waals surface area (Å²) >= 11 is 0. The third kappa shape index (κ3) is 7.74. The van der Waals surface area contributed by atoms with E-state index in [1.165, 1.54) is 7.11 Å². The smallest absolute Gasteiger partial charge is 0.322 e. The first-order valence-corrected chi connectivity index (χ1v) is 6.11. The number of hydrogen-bond acceptors (Lipinski definition) is 4. The lowest BCUT2D eigenvalue weighted by atomic mass is 10.1. The predicted octanol–water partition coefficient (Wildman–Crippen LogP) is 0.832. The number of nitrogens with one attached hydrogen (secondary N) is 2. The van der Waals surface area contributed by atoms with E-state index in [1.54, 1.807) is 0 Å². The molecular formula is C12H24N2O3. The predicted molar refractivity (Wildman–Crippen MR) is 66.6 cm³/mol. The van der Waals surface area contributed by atoms with Crippen LogP contribution in [-0.2, 0) is 14.3 Å². The van der Waals surface area contributed by atoms with Crippen molar-refractivity contribution < 1.29 is 14.3 Å². The number of rotatable bonds is 8. The van der Waals surface area contributed by atoms with Gasteiger partial charge in [0.15, 0.2) is 0 Å². The molecule has 5 heteroatoms. The summed E-state index contributed by atoms with van der Waals surface area (Å²) in [6.07, 6.45) is 2.63. The molecule has 0 spiro atoms. The van der Waals surface area contributed by atoms with Crippen molar-refractivity contribution in [3.63, 3.8) is 0 Å². The topological polar surface area (TPSA) is 67.4 Å². The number of unbranched alkanes of at least 4 members (excludes halogenated alkanes) is 1. The van der Waals surface area contributed by atoms with Crippen molar-refractivity contribution >= 4 is 11.9 Å². The molecule has 1 unspecified atom stereocenters. The van der Waals surface area contributed by atoms with Gasteiger partial charge in [0, 0.05) is 6.04 Å². The molecule has 100 valence electrons. The largest absolute Gasteiger partial charge is 0.468 e. The summed E-state index contributed by atoms with van der Waals surface area (Å²) in [7, 11) is 1.36. The Morgan fingerprint density at radius 2 is 1.94 bits per heavy atom. The van der Waals surface area contributed by atoms with Gasteiger partial charge < -0.3 is 10.1 Å². The van der Waals surface area contributed by atoms with E-state index in [0.717, 1.165) is 12.8 Å². The monoisotopic (exact) mass is 244 g/mol. The van der Waals surface area contributed by atoms with Crippen molar-refractivity contribution in [3.05, 3.63) is 0 Å². The Balaban J connectivity index is 4.06. The molecule has 0 saturated heterocycles. The van der Waals surface area contributed by atoms with E-state index < -0.39 is 6.04 Å². The molecule has 0 bridgehead atoms. The number of esters is 1. The van der Waals surface area contributed by atoms with Crippen LogP contribution in [0.15, 0.2) is 0 Å². The van der Waals surface area contributed by atoms with Crippen LogP contribution < -0.4 is 10.6 Å². The highest BCUT2D eigenvalue weighted by Crippen LogP contribution is 2.02. The van der Waals surface area contributed by atoms with Crippen LogP contribution in [0, 0.1) is 0 Å². The van der Waals surface area contributed by atoms with Gasteiger partial charge in [-0.25, -0.2) is 0 Å². The lowest BCUT2D eigenvalue weighted by Crippen LogP contribution is -2.44. The summed E-state index contributed by atoms with van der Waals surface area (Å²) in [5, 5.41) is 5.68. The Kier molecular flexibility index (Phi) is 8.40. The van der Waals surface area contributed by atoms with E-state index in [9.17, 15) is 9.59 Å². The first kappa shape index (κ1) is 15.9. The lowest BCUT2D eigenvalue weighted by molar-refractivity contribution is -0.143. The highest BCUT2D eigenvalue weighted by Gasteiger charge is 2.18. The van der Waals surface area contributed by atoms with Crippen molar-refractivity contribution in [2.45, 2.75) is 52.1 Å². The molecule has 0 aromatic carbocycles. The quantitative estimate of drug-likeness (QED) is 0.621. The molecule has 5 nitrogen and oxygen atoms in total. The van der Waals surface area contributed by atoms with E-state index in [1.807, 2.05) is 13.8 Å². The fraction of sp³-hybridized carbons (Fsp3) is 0.833. The van der Waals surface area contributed by atoms with E-state index in [0.29, 0.717) is 6.42 Å². The van der Waals surface area contributed by atoms with Crippen molar-refractivity contribution in [1.82, 2.24) is 10.6 Å². The second kappa shape index (κ2) is 8.98. The van der Waals surface area contributed by atoms with Gasteiger partial charge >= 0.3 is 5.97 Å². The Bertz CT molecular complexity index is 242. The summed E-state index contributed by atoms with van der Waals surface area (Å²) in [6.45, 7) is 5.99. The number of carbonyl (C=O) groups excluding carboxylic acids is 2. The fourth-order valence-corrected chi connectivity index (χ4v) is 1.44. The summed E-state index contributed by atoms with van der Waals surface area (Å²) in [6, 6.07) is -0.283. The van der Waals surface area contributed by atoms with Gasteiger partial charge in [-0.1, -0.05) is 19.8 Å². The Morgan fingerprint density at radius 1 is 1.29 bits per heavy atom. The number of amides is 1. The first-order chi connectivity index (χ1) is 8.01. The van der Waals surface area contributed by atoms with E-state index in [-0.39, 0.29) is 24.5 Å². The summed E-state index contributed by atoms with van der Waals surface area (Å²) in [5.74, 6) is -0.416. The van der Waals surface area contributed by atoms with Gasteiger partial charge in [0.2, 0.25) is 5.91 Å². The van der Waals surface area contributed by atoms with Crippen LogP contribution in [0.3, 0.4) is 0 Å². The minimum Gasteiger partial charge on any atom is -0.468 e. The Morgan fingerprint density at radius 3 is 2.41 bits per heavy atom. The molecule has 0 rings (SSSR count). The zero-order chi connectivity index (χ0) is 13.3. The Hall–Kier alpha value is -1.10. The van der Waals surface area contributed by atoms with E-state index in [4.69, 9.17) is 0 Å². The third-order valence-electron chi connectivity index (χ3n) is 2.29. The molecule has 0 aliphatic carbocycles. The number of carbonyl (C=O) groups is 2. The Labute approximate surface area is 103 Å². The minimum atomic E-state index is -0.391. The van der Waals surface area contributed by atoms with Gasteiger partial charge in [-0.2, -0.15) is 0 Å². The van der Waals surface area contributed by atoms with Crippen molar-refractivity contribution in [2.24, 2.45) is 0 Å². The van der Waals surface area contributed by atoms with Crippen LogP contribution in [0.5, 0.6) is 0 Å². The lowest BCUT2D eigenvalue weighted by Gasteiger charge is -2.16. The van der Waals surface area contributed by atoms with Crippen LogP contribution in [0.1, 0.15) is 40.0 Å². The average molecular weight is 244 g/mol. The van der Waals surface area contributed by atoms with E-state index >= 15 is 0 Å². The van der Waals surface area contributed by atoms with Crippen molar-refractivity contribution in [2.75, 3.05) is 13.7 Å². The number of ether oxygens (including phenoxy) is 1. The van der Waals surface area contributed by atoms with Gasteiger partial charge in [0.05, 0.1) is 13.7 Å². The van der Waals surface area contributed by atoms with Gasteiger partial charge in [0.25, 0.3) is 0 Å². The van der Waals surface area contributed by atoms with Gasteiger partial charge in [0.1, 0.15) is 6.04 Å². The molecule has 17 heavy (non-hydrogen) atoms. The zero-order valence-corrected chi connectivity index (χ0v) is 11.2. The van der Waals surface area contributed by atoms with Crippen LogP contribution in [0.2, 0.25) is 0 Å². The van der Waals surface area contributed by atoms with Crippen molar-refractivity contribution in [3.8, 4) is 0 Å². The normalized spacial score (nSPS) is 12.3. The molecule has 0 fully saturated rings. The molecule has 1 amide bonds. The second-order valence-electron chi connectivity index (χ2n) is 4.32. The van der Waals surface area contributed by atoms with Crippen LogP contribution in [-0.4, -0.2) is 37.6 Å². The maximum atomic E-state index is 11.4. The molecule has 0 saturated carbocycles. The SMILES string of the molecule is CCCCC(NCC(=O)NC(C)C)C(=O)OC. The molecule has 0 aromatic heterocycles.